The number of aromatic nitrogens is 2. The molecule has 2 atom stereocenters. The van der Waals surface area contributed by atoms with Crippen LogP contribution in [0.5, 0.6) is 0 Å². The first kappa shape index (κ1) is 24.3. The molecule has 0 aliphatic heterocycles. The molecule has 5 aromatic rings. The normalized spacial score (nSPS) is 12.7. The Morgan fingerprint density at radius 2 is 1.56 bits per heavy atom. The van der Waals surface area contributed by atoms with Crippen molar-refractivity contribution in [1.82, 2.24) is 9.97 Å². The van der Waals surface area contributed by atoms with Crippen LogP contribution in [-0.4, -0.2) is 18.7 Å². The van der Waals surface area contributed by atoms with E-state index in [4.69, 9.17) is 9.97 Å². The number of nitrogens with zero attached hydrogens (tertiary/aromatic N) is 2. The summed E-state index contributed by atoms with van der Waals surface area (Å²) in [5.74, 6) is 0. The average molecular weight is 534 g/mol. The van der Waals surface area contributed by atoms with Crippen molar-refractivity contribution in [3.63, 3.8) is 0 Å². The first-order valence-corrected chi connectivity index (χ1v) is 13.8. The van der Waals surface area contributed by atoms with E-state index in [-0.39, 0.29) is 6.04 Å². The largest absolute Gasteiger partial charge is 0.748 e. The number of benzene rings is 3. The first-order chi connectivity index (χ1) is 17.6. The maximum Gasteiger partial charge on any atom is 0.183 e. The third kappa shape index (κ3) is 6.23. The predicted molar refractivity (Wildman–Crippen MR) is 145 cm³/mol. The summed E-state index contributed by atoms with van der Waals surface area (Å²) in [6, 6.07) is 27.5. The molecule has 0 aliphatic rings. The van der Waals surface area contributed by atoms with Gasteiger partial charge in [-0.1, -0.05) is 72.8 Å². The lowest BCUT2D eigenvalue weighted by Gasteiger charge is -2.17. The number of anilines is 2. The van der Waals surface area contributed by atoms with Crippen molar-refractivity contribution in [3.8, 4) is 21.8 Å². The Morgan fingerprint density at radius 1 is 0.861 bits per heavy atom. The molecule has 0 radical (unpaired) electrons. The summed E-state index contributed by atoms with van der Waals surface area (Å²) in [5.41, 5.74) is 8.00. The van der Waals surface area contributed by atoms with E-state index >= 15 is 0 Å². The van der Waals surface area contributed by atoms with E-state index in [0.29, 0.717) is 12.1 Å². The van der Waals surface area contributed by atoms with Gasteiger partial charge in [0.25, 0.3) is 0 Å². The average Bonchev–Trinajstić information content (AvgIpc) is 3.59. The summed E-state index contributed by atoms with van der Waals surface area (Å²) >= 11 is 0.536. The lowest BCUT2D eigenvalue weighted by Crippen LogP contribution is -2.14. The topological polar surface area (TPSA) is 99.2 Å². The van der Waals surface area contributed by atoms with Crippen LogP contribution in [0.15, 0.2) is 95.7 Å². The highest BCUT2D eigenvalue weighted by Crippen LogP contribution is 2.32. The van der Waals surface area contributed by atoms with Gasteiger partial charge in [0, 0.05) is 21.9 Å². The third-order valence-corrected chi connectivity index (χ3v) is 7.29. The van der Waals surface area contributed by atoms with Gasteiger partial charge < -0.3 is 9.87 Å². The Morgan fingerprint density at radius 3 is 2.25 bits per heavy atom. The quantitative estimate of drug-likeness (QED) is 0.157. The Balaban J connectivity index is 1.39. The minimum atomic E-state index is -2.64. The van der Waals surface area contributed by atoms with Crippen molar-refractivity contribution < 1.29 is 13.0 Å². The van der Waals surface area contributed by atoms with Gasteiger partial charge in [-0.3, -0.25) is 5.48 Å². The zero-order chi connectivity index (χ0) is 24.7. The van der Waals surface area contributed by atoms with Crippen molar-refractivity contribution in [1.29, 1.82) is 0 Å². The number of hydrogen-bond donors (Lipinski definition) is 2. The highest BCUT2D eigenvalue weighted by Gasteiger charge is 2.19. The highest BCUT2D eigenvalue weighted by molar-refractivity contribution is 7.74. The fraction of sp³-hybridized carbons (Fsp3) is 0.0769. The summed E-state index contributed by atoms with van der Waals surface area (Å²) in [6.07, 6.45) is 0.660. The standard InChI is InChI=1S/C26H22N4O3S3/c31-36(32)33-30-21-13-11-18(12-14-21)15-22(24-17-34-25(27-24)20-9-5-2-6-10-20)28-26-29-23(16-35-26)19-7-3-1-4-8-19/h1-14,16-17,22,30H,15H2,(H,28,29)(H,31,32)/p-1/t22-/m0/s1. The van der Waals surface area contributed by atoms with Gasteiger partial charge in [-0.05, 0) is 24.1 Å². The molecule has 0 fully saturated rings. The minimum Gasteiger partial charge on any atom is -0.748 e. The predicted octanol–water partition coefficient (Wildman–Crippen LogP) is 6.47. The zero-order valence-corrected chi connectivity index (χ0v) is 21.3. The van der Waals surface area contributed by atoms with E-state index in [1.165, 1.54) is 0 Å². The number of thiazole rings is 2. The van der Waals surface area contributed by atoms with Crippen LogP contribution in [0.3, 0.4) is 0 Å². The summed E-state index contributed by atoms with van der Waals surface area (Å²) < 4.78 is 25.6. The molecule has 0 saturated heterocycles. The Labute approximate surface area is 219 Å². The van der Waals surface area contributed by atoms with Gasteiger partial charge in [0.15, 0.2) is 5.13 Å². The summed E-state index contributed by atoms with van der Waals surface area (Å²) in [5, 5.41) is 9.49. The molecule has 182 valence electrons. The molecule has 5 rings (SSSR count). The Kier molecular flexibility index (Phi) is 7.79. The van der Waals surface area contributed by atoms with Crippen molar-refractivity contribution in [2.45, 2.75) is 12.5 Å². The molecule has 0 aliphatic carbocycles. The van der Waals surface area contributed by atoms with E-state index < -0.39 is 11.4 Å². The maximum atomic E-state index is 10.6. The SMILES string of the molecule is O=S([O-])ONc1ccc(C[C@H](Nc2nc(-c3ccccc3)cs2)c2csc(-c3ccccc3)n2)cc1. The second-order valence-corrected chi connectivity index (χ2v) is 10.1. The zero-order valence-electron chi connectivity index (χ0n) is 18.9. The second-order valence-electron chi connectivity index (χ2n) is 7.83. The molecule has 7 nitrogen and oxygen atoms in total. The van der Waals surface area contributed by atoms with Gasteiger partial charge in [0.2, 0.25) is 0 Å². The number of hydrogen-bond acceptors (Lipinski definition) is 9. The van der Waals surface area contributed by atoms with Crippen LogP contribution in [0.1, 0.15) is 17.3 Å². The summed E-state index contributed by atoms with van der Waals surface area (Å²) in [6.45, 7) is 0. The Bertz CT molecular complexity index is 1420. The van der Waals surface area contributed by atoms with Crippen molar-refractivity contribution in [2.75, 3.05) is 10.8 Å². The van der Waals surface area contributed by atoms with E-state index in [1.54, 1.807) is 34.8 Å². The fourth-order valence-electron chi connectivity index (χ4n) is 3.65. The van der Waals surface area contributed by atoms with Crippen molar-refractivity contribution in [2.24, 2.45) is 0 Å². The molecule has 10 heteroatoms. The van der Waals surface area contributed by atoms with E-state index in [1.807, 2.05) is 66.0 Å². The van der Waals surface area contributed by atoms with Gasteiger partial charge in [0.1, 0.15) is 16.4 Å². The molecule has 0 amide bonds. The molecule has 2 heterocycles. The third-order valence-electron chi connectivity index (χ3n) is 5.39. The highest BCUT2D eigenvalue weighted by atomic mass is 32.2. The van der Waals surface area contributed by atoms with Crippen LogP contribution in [-0.2, 0) is 22.1 Å². The van der Waals surface area contributed by atoms with Gasteiger partial charge in [-0.15, -0.1) is 22.7 Å². The first-order valence-electron chi connectivity index (χ1n) is 11.0. The molecule has 36 heavy (non-hydrogen) atoms. The van der Waals surface area contributed by atoms with Gasteiger partial charge in [0.05, 0.1) is 23.1 Å². The molecule has 0 bridgehead atoms. The smallest absolute Gasteiger partial charge is 0.183 e. The monoisotopic (exact) mass is 533 g/mol. The van der Waals surface area contributed by atoms with Crippen LogP contribution in [0, 0.1) is 0 Å². The van der Waals surface area contributed by atoms with Crippen LogP contribution >= 0.6 is 22.7 Å². The summed E-state index contributed by atoms with van der Waals surface area (Å²) in [7, 11) is 0. The molecular formula is C26H21N4O3S3-. The molecule has 3 aromatic carbocycles. The van der Waals surface area contributed by atoms with E-state index in [9.17, 15) is 8.76 Å². The van der Waals surface area contributed by atoms with Gasteiger partial charge in [-0.25, -0.2) is 14.2 Å². The lowest BCUT2D eigenvalue weighted by molar-refractivity contribution is 0.363. The lowest BCUT2D eigenvalue weighted by atomic mass is 10.0. The fourth-order valence-corrected chi connectivity index (χ4v) is 5.46. The number of rotatable bonds is 10. The number of nitrogens with one attached hydrogen (secondary N) is 2. The minimum absolute atomic E-state index is 0.113. The maximum absolute atomic E-state index is 10.6. The molecule has 0 spiro atoms. The molecular weight excluding hydrogens is 513 g/mol. The second kappa shape index (κ2) is 11.5. The molecule has 1 unspecified atom stereocenters. The van der Waals surface area contributed by atoms with Crippen LogP contribution < -0.4 is 10.8 Å². The van der Waals surface area contributed by atoms with Crippen molar-refractivity contribution in [3.05, 3.63) is 107 Å². The van der Waals surface area contributed by atoms with Crippen LogP contribution in [0.25, 0.3) is 21.8 Å². The van der Waals surface area contributed by atoms with Crippen LogP contribution in [0.2, 0.25) is 0 Å². The van der Waals surface area contributed by atoms with E-state index in [0.717, 1.165) is 38.2 Å². The molecule has 0 saturated carbocycles. The van der Waals surface area contributed by atoms with Gasteiger partial charge in [-0.2, -0.15) is 4.28 Å². The van der Waals surface area contributed by atoms with Crippen molar-refractivity contribution >= 4 is 44.9 Å². The van der Waals surface area contributed by atoms with Gasteiger partial charge >= 0.3 is 0 Å². The van der Waals surface area contributed by atoms with Crippen LogP contribution in [0.4, 0.5) is 10.8 Å². The summed E-state index contributed by atoms with van der Waals surface area (Å²) in [4.78, 5) is 9.74. The molecule has 2 N–H and O–H groups in total. The molecule has 2 aromatic heterocycles. The van der Waals surface area contributed by atoms with E-state index in [2.05, 4.69) is 32.6 Å². The Hall–Kier alpha value is -3.41.